The lowest BCUT2D eigenvalue weighted by Crippen LogP contribution is -2.07. The number of para-hydroxylation sites is 2. The molecule has 7 nitrogen and oxygen atoms in total. The van der Waals surface area contributed by atoms with Crippen molar-refractivity contribution in [2.45, 2.75) is 20.3 Å². The lowest BCUT2D eigenvalue weighted by atomic mass is 10.0. The summed E-state index contributed by atoms with van der Waals surface area (Å²) in [6.07, 6.45) is 0.591. The Kier molecular flexibility index (Phi) is 3.84. The van der Waals surface area contributed by atoms with E-state index in [2.05, 4.69) is 15.3 Å². The van der Waals surface area contributed by atoms with Gasteiger partial charge in [-0.25, -0.2) is 4.68 Å². The summed E-state index contributed by atoms with van der Waals surface area (Å²) in [6, 6.07) is 15.4. The summed E-state index contributed by atoms with van der Waals surface area (Å²) in [7, 11) is 1.98. The van der Waals surface area contributed by atoms with Gasteiger partial charge < -0.3 is 9.67 Å². The average molecular weight is 384 g/mol. The topological polar surface area (TPSA) is 81.7 Å². The highest BCUT2D eigenvalue weighted by molar-refractivity contribution is 6.03. The first-order chi connectivity index (χ1) is 14.0. The molecule has 3 heterocycles. The van der Waals surface area contributed by atoms with Crippen LogP contribution in [0.1, 0.15) is 22.5 Å². The van der Waals surface area contributed by atoms with Gasteiger partial charge in [0.1, 0.15) is 11.3 Å². The van der Waals surface area contributed by atoms with E-state index >= 15 is 0 Å². The molecule has 0 amide bonds. The monoisotopic (exact) mass is 384 g/mol. The van der Waals surface area contributed by atoms with Crippen molar-refractivity contribution in [3.63, 3.8) is 0 Å². The third-order valence-corrected chi connectivity index (χ3v) is 5.48. The molecule has 0 unspecified atom stereocenters. The Morgan fingerprint density at radius 3 is 2.55 bits per heavy atom. The van der Waals surface area contributed by atoms with Gasteiger partial charge in [-0.2, -0.15) is 10.1 Å². The molecule has 0 saturated carbocycles. The predicted molar refractivity (Wildman–Crippen MR) is 111 cm³/mol. The van der Waals surface area contributed by atoms with E-state index < -0.39 is 0 Å². The van der Waals surface area contributed by atoms with Crippen molar-refractivity contribution in [2.24, 2.45) is 7.05 Å². The van der Waals surface area contributed by atoms with Gasteiger partial charge in [0.15, 0.2) is 5.65 Å². The zero-order chi connectivity index (χ0) is 20.1. The number of hydrogen-bond acceptors (Lipinski definition) is 5. The first-order valence-corrected chi connectivity index (χ1v) is 9.45. The zero-order valence-electron chi connectivity index (χ0n) is 16.5. The van der Waals surface area contributed by atoms with Crippen molar-refractivity contribution in [3.05, 3.63) is 71.0 Å². The van der Waals surface area contributed by atoms with E-state index in [9.17, 15) is 5.11 Å². The fourth-order valence-electron chi connectivity index (χ4n) is 3.86. The van der Waals surface area contributed by atoms with Crippen molar-refractivity contribution in [1.29, 1.82) is 0 Å². The normalized spacial score (nSPS) is 11.6. The van der Waals surface area contributed by atoms with E-state index in [4.69, 9.17) is 4.98 Å². The maximum Gasteiger partial charge on any atom is 0.272 e. The third kappa shape index (κ3) is 2.66. The van der Waals surface area contributed by atoms with Gasteiger partial charge in [0.25, 0.3) is 5.95 Å². The molecule has 0 saturated heterocycles. The quantitative estimate of drug-likeness (QED) is 0.514. The Balaban J connectivity index is 1.63. The number of phenols is 1. The number of benzene rings is 2. The molecular weight excluding hydrogens is 364 g/mol. The first-order valence-electron chi connectivity index (χ1n) is 9.45. The fourth-order valence-corrected chi connectivity index (χ4v) is 3.86. The number of hydrogen-bond donors (Lipinski definition) is 1. The van der Waals surface area contributed by atoms with Crippen LogP contribution in [0.4, 0.5) is 0 Å². The Labute approximate surface area is 167 Å². The van der Waals surface area contributed by atoms with Crippen molar-refractivity contribution < 1.29 is 5.11 Å². The van der Waals surface area contributed by atoms with Crippen LogP contribution < -0.4 is 0 Å². The van der Waals surface area contributed by atoms with Crippen LogP contribution in [0.2, 0.25) is 0 Å². The molecule has 0 aliphatic rings. The van der Waals surface area contributed by atoms with Crippen molar-refractivity contribution >= 4 is 22.1 Å². The second kappa shape index (κ2) is 6.41. The average Bonchev–Trinajstić information content (AvgIpc) is 3.18. The highest BCUT2D eigenvalue weighted by atomic mass is 16.3. The van der Waals surface area contributed by atoms with Crippen molar-refractivity contribution in [2.75, 3.05) is 0 Å². The van der Waals surface area contributed by atoms with Crippen LogP contribution in [-0.2, 0) is 13.5 Å². The molecule has 0 atom stereocenters. The lowest BCUT2D eigenvalue weighted by Gasteiger charge is -2.06. The molecule has 0 bridgehead atoms. The molecule has 0 radical (unpaired) electrons. The third-order valence-electron chi connectivity index (χ3n) is 5.48. The molecule has 5 aromatic rings. The van der Waals surface area contributed by atoms with Crippen LogP contribution in [0.25, 0.3) is 28.0 Å². The van der Waals surface area contributed by atoms with Gasteiger partial charge in [0.05, 0.1) is 11.2 Å². The Bertz CT molecular complexity index is 1380. The Morgan fingerprint density at radius 1 is 0.966 bits per heavy atom. The molecule has 0 fully saturated rings. The lowest BCUT2D eigenvalue weighted by molar-refractivity contribution is 0.469. The summed E-state index contributed by atoms with van der Waals surface area (Å²) in [5.74, 6) is 0.724. The van der Waals surface area contributed by atoms with Gasteiger partial charge >= 0.3 is 0 Å². The predicted octanol–water partition coefficient (Wildman–Crippen LogP) is 3.62. The largest absolute Gasteiger partial charge is 0.508 e. The number of rotatable bonds is 3. The molecule has 0 aliphatic carbocycles. The van der Waals surface area contributed by atoms with E-state index in [0.717, 1.165) is 44.6 Å². The van der Waals surface area contributed by atoms with Gasteiger partial charge in [-0.3, -0.25) is 0 Å². The maximum atomic E-state index is 10.1. The SMILES string of the molecule is Cc1nn(-c2nnc3c4ccccc4n(C)c3n2)c(C)c1Cc1ccccc1O. The molecule has 2 aromatic carbocycles. The van der Waals surface area contributed by atoms with E-state index in [1.54, 1.807) is 10.7 Å². The minimum Gasteiger partial charge on any atom is -0.508 e. The molecular formula is C22H20N6O. The minimum absolute atomic E-state index is 0.286. The minimum atomic E-state index is 0.286. The summed E-state index contributed by atoms with van der Waals surface area (Å²) in [5.41, 5.74) is 6.34. The van der Waals surface area contributed by atoms with Crippen LogP contribution in [0.3, 0.4) is 0 Å². The molecule has 29 heavy (non-hydrogen) atoms. The number of phenolic OH excluding ortho intramolecular Hbond substituents is 1. The number of aromatic hydroxyl groups is 1. The number of aryl methyl sites for hydroxylation is 2. The van der Waals surface area contributed by atoms with Crippen LogP contribution in [0, 0.1) is 13.8 Å². The van der Waals surface area contributed by atoms with E-state index in [0.29, 0.717) is 12.4 Å². The summed E-state index contributed by atoms with van der Waals surface area (Å²) in [4.78, 5) is 4.76. The zero-order valence-corrected chi connectivity index (χ0v) is 16.5. The molecule has 3 aromatic heterocycles. The molecule has 1 N–H and O–H groups in total. The van der Waals surface area contributed by atoms with Crippen LogP contribution >= 0.6 is 0 Å². The van der Waals surface area contributed by atoms with Crippen LogP contribution in [-0.4, -0.2) is 34.6 Å². The maximum absolute atomic E-state index is 10.1. The van der Waals surface area contributed by atoms with Crippen LogP contribution in [0.15, 0.2) is 48.5 Å². The first kappa shape index (κ1) is 17.4. The number of fused-ring (bicyclic) bond motifs is 3. The second-order valence-electron chi connectivity index (χ2n) is 7.23. The summed E-state index contributed by atoms with van der Waals surface area (Å²) in [5, 5.41) is 24.6. The van der Waals surface area contributed by atoms with E-state index in [1.165, 1.54) is 0 Å². The van der Waals surface area contributed by atoms with Crippen molar-refractivity contribution in [1.82, 2.24) is 29.5 Å². The summed E-state index contributed by atoms with van der Waals surface area (Å²) >= 11 is 0. The van der Waals surface area contributed by atoms with Crippen LogP contribution in [0.5, 0.6) is 5.75 Å². The molecule has 0 spiro atoms. The fraction of sp³-hybridized carbons (Fsp3) is 0.182. The second-order valence-corrected chi connectivity index (χ2v) is 7.23. The van der Waals surface area contributed by atoms with Crippen molar-refractivity contribution in [3.8, 4) is 11.7 Å². The Hall–Kier alpha value is -3.74. The van der Waals surface area contributed by atoms with Gasteiger partial charge in [0, 0.05) is 30.1 Å². The number of nitrogens with zero attached hydrogens (tertiary/aromatic N) is 6. The molecule has 7 heteroatoms. The van der Waals surface area contributed by atoms with Gasteiger partial charge in [-0.15, -0.1) is 10.2 Å². The van der Waals surface area contributed by atoms with Gasteiger partial charge in [0.2, 0.25) is 0 Å². The molecule has 5 rings (SSSR count). The number of aromatic nitrogens is 6. The Morgan fingerprint density at radius 2 is 1.72 bits per heavy atom. The standard InChI is InChI=1S/C22H20N6O/c1-13-17(12-15-8-4-7-11-19(15)29)14(2)28(26-13)22-23-21-20(24-25-22)16-9-5-6-10-18(16)27(21)3/h4-11,29H,12H2,1-3H3. The highest BCUT2D eigenvalue weighted by Gasteiger charge is 2.18. The van der Waals surface area contributed by atoms with Gasteiger partial charge in [-0.05, 0) is 31.5 Å². The summed E-state index contributed by atoms with van der Waals surface area (Å²) in [6.45, 7) is 3.95. The summed E-state index contributed by atoms with van der Waals surface area (Å²) < 4.78 is 3.76. The highest BCUT2D eigenvalue weighted by Crippen LogP contribution is 2.27. The van der Waals surface area contributed by atoms with E-state index in [-0.39, 0.29) is 5.75 Å². The van der Waals surface area contributed by atoms with Gasteiger partial charge in [-0.1, -0.05) is 36.4 Å². The van der Waals surface area contributed by atoms with E-state index in [1.807, 2.05) is 67.9 Å². The molecule has 0 aliphatic heterocycles. The smallest absolute Gasteiger partial charge is 0.272 e. The molecule has 144 valence electrons.